The molecule has 1 N–H and O–H groups in total. The Bertz CT molecular complexity index is 1070. The third-order valence-electron chi connectivity index (χ3n) is 4.33. The van der Waals surface area contributed by atoms with Crippen LogP contribution >= 0.6 is 0 Å². The van der Waals surface area contributed by atoms with Crippen LogP contribution in [-0.2, 0) is 0 Å². The number of carbonyl (C=O) groups is 1. The lowest BCUT2D eigenvalue weighted by Gasteiger charge is -2.08. The molecule has 5 nitrogen and oxygen atoms in total. The van der Waals surface area contributed by atoms with Crippen LogP contribution in [0.15, 0.2) is 72.8 Å². The molecule has 2 heterocycles. The van der Waals surface area contributed by atoms with Crippen LogP contribution in [0.25, 0.3) is 28.2 Å². The van der Waals surface area contributed by atoms with Crippen LogP contribution in [0.3, 0.4) is 0 Å². The molecular formula is C22H20N4O. The summed E-state index contributed by atoms with van der Waals surface area (Å²) >= 11 is 0. The third-order valence-corrected chi connectivity index (χ3v) is 4.33. The largest absolute Gasteiger partial charge is 0.351 e. The van der Waals surface area contributed by atoms with E-state index >= 15 is 0 Å². The highest BCUT2D eigenvalue weighted by atomic mass is 16.1. The Balaban J connectivity index is 1.89. The van der Waals surface area contributed by atoms with Crippen molar-refractivity contribution in [3.63, 3.8) is 0 Å². The molecule has 2 aromatic heterocycles. The van der Waals surface area contributed by atoms with E-state index in [0.29, 0.717) is 17.9 Å². The fourth-order valence-electron chi connectivity index (χ4n) is 2.99. The highest BCUT2D eigenvalue weighted by molar-refractivity contribution is 5.93. The van der Waals surface area contributed by atoms with Crippen molar-refractivity contribution in [2.24, 2.45) is 0 Å². The summed E-state index contributed by atoms with van der Waals surface area (Å²) in [6.45, 7) is 2.64. The lowest BCUT2D eigenvalue weighted by atomic mass is 10.1. The van der Waals surface area contributed by atoms with Crippen LogP contribution in [0.2, 0.25) is 0 Å². The van der Waals surface area contributed by atoms with Gasteiger partial charge in [0.1, 0.15) is 0 Å². The number of fused-ring (bicyclic) bond motifs is 1. The summed E-state index contributed by atoms with van der Waals surface area (Å²) in [5.74, 6) is -0.178. The molecule has 0 radical (unpaired) electrons. The van der Waals surface area contributed by atoms with E-state index in [4.69, 9.17) is 4.98 Å². The number of nitrogens with one attached hydrogen (secondary N) is 1. The first-order chi connectivity index (χ1) is 13.3. The van der Waals surface area contributed by atoms with Crippen molar-refractivity contribution in [1.29, 1.82) is 0 Å². The van der Waals surface area contributed by atoms with Crippen LogP contribution in [0.4, 0.5) is 0 Å². The lowest BCUT2D eigenvalue weighted by molar-refractivity contribution is 0.0948. The van der Waals surface area contributed by atoms with Crippen molar-refractivity contribution in [2.75, 3.05) is 6.54 Å². The van der Waals surface area contributed by atoms with E-state index in [2.05, 4.69) is 10.4 Å². The number of hydrogen-bond acceptors (Lipinski definition) is 3. The standard InChI is InChI=1S/C22H20N4O/c1-2-13-23-22(27)19-15-21-24-18(16-9-5-3-6-10-16)14-20(26(21)25-19)17-11-7-4-8-12-17/h3-12,14-15H,2,13H2,1H3,(H,23,27). The molecule has 0 bridgehead atoms. The minimum atomic E-state index is -0.178. The topological polar surface area (TPSA) is 59.3 Å². The van der Waals surface area contributed by atoms with E-state index in [1.165, 1.54) is 0 Å². The first kappa shape index (κ1) is 17.0. The predicted octanol–water partition coefficient (Wildman–Crippen LogP) is 4.20. The molecule has 0 unspecified atom stereocenters. The monoisotopic (exact) mass is 356 g/mol. The molecule has 0 aliphatic rings. The van der Waals surface area contributed by atoms with E-state index in [0.717, 1.165) is 28.9 Å². The van der Waals surface area contributed by atoms with Crippen molar-refractivity contribution in [3.05, 3.63) is 78.5 Å². The first-order valence-electron chi connectivity index (χ1n) is 9.06. The van der Waals surface area contributed by atoms with E-state index in [1.807, 2.05) is 73.7 Å². The van der Waals surface area contributed by atoms with Gasteiger partial charge in [0.25, 0.3) is 5.91 Å². The van der Waals surface area contributed by atoms with Crippen LogP contribution in [-0.4, -0.2) is 27.0 Å². The zero-order chi connectivity index (χ0) is 18.6. The summed E-state index contributed by atoms with van der Waals surface area (Å²) in [7, 11) is 0. The molecule has 0 fully saturated rings. The highest BCUT2D eigenvalue weighted by Crippen LogP contribution is 2.26. The number of carbonyl (C=O) groups excluding carboxylic acids is 1. The van der Waals surface area contributed by atoms with Gasteiger partial charge in [0.2, 0.25) is 0 Å². The number of nitrogens with zero attached hydrogens (tertiary/aromatic N) is 3. The van der Waals surface area contributed by atoms with Crippen LogP contribution in [0.5, 0.6) is 0 Å². The summed E-state index contributed by atoms with van der Waals surface area (Å²) in [5.41, 5.74) is 4.81. The second-order valence-electron chi connectivity index (χ2n) is 6.31. The molecule has 4 aromatic rings. The minimum absolute atomic E-state index is 0.178. The van der Waals surface area contributed by atoms with Gasteiger partial charge < -0.3 is 5.32 Å². The molecule has 0 aliphatic carbocycles. The molecule has 5 heteroatoms. The van der Waals surface area contributed by atoms with Gasteiger partial charge in [-0.3, -0.25) is 4.79 Å². The molecule has 4 rings (SSSR count). The second-order valence-corrected chi connectivity index (χ2v) is 6.31. The smallest absolute Gasteiger partial charge is 0.271 e. The third kappa shape index (κ3) is 3.44. The molecule has 0 aliphatic heterocycles. The number of benzene rings is 2. The van der Waals surface area contributed by atoms with E-state index in [9.17, 15) is 4.79 Å². The highest BCUT2D eigenvalue weighted by Gasteiger charge is 2.15. The molecule has 134 valence electrons. The lowest BCUT2D eigenvalue weighted by Crippen LogP contribution is -2.24. The summed E-state index contributed by atoms with van der Waals surface area (Å²) in [5, 5.41) is 7.39. The Morgan fingerprint density at radius 3 is 2.30 bits per heavy atom. The van der Waals surface area contributed by atoms with E-state index in [1.54, 1.807) is 10.6 Å². The molecule has 0 atom stereocenters. The Morgan fingerprint density at radius 1 is 0.963 bits per heavy atom. The van der Waals surface area contributed by atoms with Gasteiger partial charge in [-0.2, -0.15) is 5.10 Å². The van der Waals surface area contributed by atoms with Gasteiger partial charge in [-0.15, -0.1) is 0 Å². The van der Waals surface area contributed by atoms with Crippen molar-refractivity contribution in [2.45, 2.75) is 13.3 Å². The predicted molar refractivity (Wildman–Crippen MR) is 106 cm³/mol. The van der Waals surface area contributed by atoms with Crippen LogP contribution in [0, 0.1) is 0 Å². The molecule has 0 saturated carbocycles. The van der Waals surface area contributed by atoms with Gasteiger partial charge in [-0.1, -0.05) is 67.6 Å². The Morgan fingerprint density at radius 2 is 1.63 bits per heavy atom. The SMILES string of the molecule is CCCNC(=O)c1cc2nc(-c3ccccc3)cc(-c3ccccc3)n2n1. The van der Waals surface area contributed by atoms with Gasteiger partial charge in [-0.05, 0) is 12.5 Å². The fourth-order valence-corrected chi connectivity index (χ4v) is 2.99. The number of aromatic nitrogens is 3. The van der Waals surface area contributed by atoms with Gasteiger partial charge >= 0.3 is 0 Å². The van der Waals surface area contributed by atoms with E-state index in [-0.39, 0.29) is 5.91 Å². The van der Waals surface area contributed by atoms with Crippen LogP contribution < -0.4 is 5.32 Å². The zero-order valence-electron chi connectivity index (χ0n) is 15.1. The van der Waals surface area contributed by atoms with Gasteiger partial charge in [0.15, 0.2) is 11.3 Å². The summed E-state index contributed by atoms with van der Waals surface area (Å²) < 4.78 is 1.74. The summed E-state index contributed by atoms with van der Waals surface area (Å²) in [6.07, 6.45) is 0.880. The van der Waals surface area contributed by atoms with Crippen molar-refractivity contribution >= 4 is 11.6 Å². The number of hydrogen-bond donors (Lipinski definition) is 1. The molecule has 2 aromatic carbocycles. The Hall–Kier alpha value is -3.47. The molecule has 0 saturated heterocycles. The maximum Gasteiger partial charge on any atom is 0.271 e. The zero-order valence-corrected chi connectivity index (χ0v) is 15.1. The van der Waals surface area contributed by atoms with E-state index < -0.39 is 0 Å². The Kier molecular flexibility index (Phi) is 4.66. The number of amides is 1. The molecule has 0 spiro atoms. The Labute approximate surface area is 157 Å². The van der Waals surface area contributed by atoms with Gasteiger partial charge in [0, 0.05) is 23.7 Å². The summed E-state index contributed by atoms with van der Waals surface area (Å²) in [4.78, 5) is 17.1. The maximum atomic E-state index is 12.4. The molecule has 1 amide bonds. The maximum absolute atomic E-state index is 12.4. The second kappa shape index (κ2) is 7.41. The molecule has 27 heavy (non-hydrogen) atoms. The van der Waals surface area contributed by atoms with Gasteiger partial charge in [-0.25, -0.2) is 9.50 Å². The van der Waals surface area contributed by atoms with Crippen molar-refractivity contribution < 1.29 is 4.79 Å². The number of rotatable bonds is 5. The average Bonchev–Trinajstić information content (AvgIpc) is 3.17. The fraction of sp³-hybridized carbons (Fsp3) is 0.136. The van der Waals surface area contributed by atoms with Gasteiger partial charge in [0.05, 0.1) is 11.4 Å². The normalized spacial score (nSPS) is 10.9. The van der Waals surface area contributed by atoms with Crippen molar-refractivity contribution in [3.8, 4) is 22.5 Å². The first-order valence-corrected chi connectivity index (χ1v) is 9.06. The average molecular weight is 356 g/mol. The van der Waals surface area contributed by atoms with Crippen LogP contribution in [0.1, 0.15) is 23.8 Å². The quantitative estimate of drug-likeness (QED) is 0.583. The molecular weight excluding hydrogens is 336 g/mol. The summed E-state index contributed by atoms with van der Waals surface area (Å²) in [6, 6.07) is 23.8. The van der Waals surface area contributed by atoms with Crippen molar-refractivity contribution in [1.82, 2.24) is 19.9 Å². The minimum Gasteiger partial charge on any atom is -0.351 e.